The summed E-state index contributed by atoms with van der Waals surface area (Å²) in [5.41, 5.74) is 1.30. The number of carbonyl (C=O) groups excluding carboxylic acids is 1. The number of aliphatic carboxylic acids is 1. The molecule has 1 amide bonds. The molecule has 19 heavy (non-hydrogen) atoms. The molecule has 1 unspecified atom stereocenters. The van der Waals surface area contributed by atoms with Crippen molar-refractivity contribution in [2.45, 2.75) is 39.7 Å². The molecule has 0 bridgehead atoms. The summed E-state index contributed by atoms with van der Waals surface area (Å²) in [4.78, 5) is 24.8. The van der Waals surface area contributed by atoms with E-state index in [4.69, 9.17) is 5.11 Å². The van der Waals surface area contributed by atoms with Gasteiger partial charge in [-0.15, -0.1) is 0 Å². The minimum atomic E-state index is -0.902. The maximum absolute atomic E-state index is 12.5. The lowest BCUT2D eigenvalue weighted by molar-refractivity contribution is -0.138. The van der Waals surface area contributed by atoms with Crippen LogP contribution in [0.1, 0.15) is 43.2 Å². The Labute approximate surface area is 113 Å². The van der Waals surface area contributed by atoms with Crippen molar-refractivity contribution in [3.05, 3.63) is 17.5 Å². The Hall–Kier alpha value is -1.85. The molecule has 0 saturated heterocycles. The van der Waals surface area contributed by atoms with Gasteiger partial charge >= 0.3 is 5.97 Å². The summed E-state index contributed by atoms with van der Waals surface area (Å²) >= 11 is 0. The summed E-state index contributed by atoms with van der Waals surface area (Å²) in [6.45, 7) is 6.01. The lowest BCUT2D eigenvalue weighted by atomic mass is 10.1. The molecule has 0 spiro atoms. The monoisotopic (exact) mass is 267 g/mol. The maximum atomic E-state index is 12.5. The van der Waals surface area contributed by atoms with Gasteiger partial charge in [0.15, 0.2) is 0 Å². The maximum Gasteiger partial charge on any atom is 0.305 e. The number of carboxylic acids is 1. The second-order valence-electron chi connectivity index (χ2n) is 4.55. The van der Waals surface area contributed by atoms with E-state index in [0.29, 0.717) is 18.5 Å². The first-order valence-corrected chi connectivity index (χ1v) is 6.45. The van der Waals surface area contributed by atoms with Gasteiger partial charge in [0.2, 0.25) is 0 Å². The van der Waals surface area contributed by atoms with E-state index in [2.05, 4.69) is 5.10 Å². The van der Waals surface area contributed by atoms with Crippen LogP contribution < -0.4 is 0 Å². The first-order valence-electron chi connectivity index (χ1n) is 6.45. The predicted molar refractivity (Wildman–Crippen MR) is 71.0 cm³/mol. The third-order valence-electron chi connectivity index (χ3n) is 3.07. The minimum absolute atomic E-state index is 0.0543. The van der Waals surface area contributed by atoms with E-state index >= 15 is 0 Å². The first-order chi connectivity index (χ1) is 8.90. The molecule has 1 aromatic heterocycles. The second-order valence-corrected chi connectivity index (χ2v) is 4.55. The fourth-order valence-electron chi connectivity index (χ4n) is 2.15. The molecular formula is C13H21N3O3. The molecule has 1 heterocycles. The summed E-state index contributed by atoms with van der Waals surface area (Å²) in [6, 6.07) is -0.333. The van der Waals surface area contributed by atoms with E-state index in [1.807, 2.05) is 13.8 Å². The zero-order chi connectivity index (χ0) is 14.6. The molecule has 1 aromatic rings. The molecule has 0 aliphatic heterocycles. The summed E-state index contributed by atoms with van der Waals surface area (Å²) in [6.07, 6.45) is 2.31. The van der Waals surface area contributed by atoms with Crippen LogP contribution >= 0.6 is 0 Å². The number of nitrogens with zero attached hydrogens (tertiary/aromatic N) is 3. The van der Waals surface area contributed by atoms with Gasteiger partial charge in [0.1, 0.15) is 0 Å². The molecule has 6 heteroatoms. The highest BCUT2D eigenvalue weighted by Gasteiger charge is 2.25. The average Bonchev–Trinajstić information content (AvgIpc) is 2.70. The van der Waals surface area contributed by atoms with Crippen molar-refractivity contribution in [3.8, 4) is 0 Å². The number of carbonyl (C=O) groups is 2. The molecule has 0 radical (unpaired) electrons. The number of amides is 1. The van der Waals surface area contributed by atoms with Crippen molar-refractivity contribution in [1.29, 1.82) is 0 Å². The predicted octanol–water partition coefficient (Wildman–Crippen LogP) is 1.31. The van der Waals surface area contributed by atoms with Gasteiger partial charge in [-0.2, -0.15) is 5.10 Å². The number of aryl methyl sites for hydroxylation is 2. The van der Waals surface area contributed by atoms with Crippen molar-refractivity contribution in [1.82, 2.24) is 14.7 Å². The van der Waals surface area contributed by atoms with Gasteiger partial charge in [-0.1, -0.05) is 6.92 Å². The molecule has 0 saturated carbocycles. The Bertz CT molecular complexity index is 468. The smallest absolute Gasteiger partial charge is 0.305 e. The minimum Gasteiger partial charge on any atom is -0.481 e. The molecular weight excluding hydrogens is 246 g/mol. The van der Waals surface area contributed by atoms with Gasteiger partial charge in [-0.05, 0) is 20.3 Å². The van der Waals surface area contributed by atoms with Crippen molar-refractivity contribution in [2.24, 2.45) is 7.05 Å². The van der Waals surface area contributed by atoms with E-state index < -0.39 is 5.97 Å². The Morgan fingerprint density at radius 3 is 2.58 bits per heavy atom. The second kappa shape index (κ2) is 6.36. The van der Waals surface area contributed by atoms with Crippen LogP contribution in [0.25, 0.3) is 0 Å². The Morgan fingerprint density at radius 2 is 2.11 bits per heavy atom. The van der Waals surface area contributed by atoms with Gasteiger partial charge in [0.05, 0.1) is 17.7 Å². The fourth-order valence-corrected chi connectivity index (χ4v) is 2.15. The van der Waals surface area contributed by atoms with E-state index in [9.17, 15) is 9.59 Å². The summed E-state index contributed by atoms with van der Waals surface area (Å²) in [5, 5.41) is 13.1. The molecule has 106 valence electrons. The van der Waals surface area contributed by atoms with Crippen LogP contribution in [-0.4, -0.2) is 44.3 Å². The summed E-state index contributed by atoms with van der Waals surface area (Å²) in [5.74, 6) is -1.05. The number of carboxylic acid groups (broad SMARTS) is 1. The van der Waals surface area contributed by atoms with Crippen LogP contribution in [0.15, 0.2) is 6.20 Å². The van der Waals surface area contributed by atoms with E-state index in [1.54, 1.807) is 29.7 Å². The van der Waals surface area contributed by atoms with Crippen LogP contribution in [0.3, 0.4) is 0 Å². The lowest BCUT2D eigenvalue weighted by Gasteiger charge is -2.26. The highest BCUT2D eigenvalue weighted by atomic mass is 16.4. The van der Waals surface area contributed by atoms with Gasteiger partial charge in [-0.3, -0.25) is 14.3 Å². The molecule has 0 aliphatic rings. The lowest BCUT2D eigenvalue weighted by Crippen LogP contribution is -2.39. The van der Waals surface area contributed by atoms with Gasteiger partial charge in [0, 0.05) is 25.8 Å². The van der Waals surface area contributed by atoms with Crippen LogP contribution in [0, 0.1) is 0 Å². The van der Waals surface area contributed by atoms with E-state index in [1.165, 1.54) is 0 Å². The molecule has 1 atom stereocenters. The standard InChI is InChI=1S/C13H21N3O3/c1-5-11-10(8-15(4)14-11)13(19)16(6-2)9(3)7-12(17)18/h8-9H,5-7H2,1-4H3,(H,17,18). The number of rotatable bonds is 6. The third kappa shape index (κ3) is 3.56. The summed E-state index contributed by atoms with van der Waals surface area (Å²) in [7, 11) is 1.77. The zero-order valence-corrected chi connectivity index (χ0v) is 11.9. The molecule has 0 aromatic carbocycles. The number of hydrogen-bond donors (Lipinski definition) is 1. The highest BCUT2D eigenvalue weighted by Crippen LogP contribution is 2.14. The largest absolute Gasteiger partial charge is 0.481 e. The molecule has 1 rings (SSSR count). The van der Waals surface area contributed by atoms with Crippen molar-refractivity contribution in [3.63, 3.8) is 0 Å². The summed E-state index contributed by atoms with van der Waals surface area (Å²) < 4.78 is 1.61. The van der Waals surface area contributed by atoms with Gasteiger partial charge < -0.3 is 10.0 Å². The third-order valence-corrected chi connectivity index (χ3v) is 3.07. The normalized spacial score (nSPS) is 12.2. The van der Waals surface area contributed by atoms with Crippen LogP contribution in [0.5, 0.6) is 0 Å². The molecule has 6 nitrogen and oxygen atoms in total. The van der Waals surface area contributed by atoms with Crippen LogP contribution in [0.4, 0.5) is 0 Å². The quantitative estimate of drug-likeness (QED) is 0.843. The molecule has 1 N–H and O–H groups in total. The number of aromatic nitrogens is 2. The van der Waals surface area contributed by atoms with Gasteiger partial charge in [-0.25, -0.2) is 0 Å². The fraction of sp³-hybridized carbons (Fsp3) is 0.615. The van der Waals surface area contributed by atoms with Gasteiger partial charge in [0.25, 0.3) is 5.91 Å². The van der Waals surface area contributed by atoms with Crippen LogP contribution in [-0.2, 0) is 18.3 Å². The van der Waals surface area contributed by atoms with Crippen LogP contribution in [0.2, 0.25) is 0 Å². The topological polar surface area (TPSA) is 75.4 Å². The van der Waals surface area contributed by atoms with Crippen molar-refractivity contribution >= 4 is 11.9 Å². The SMILES string of the molecule is CCc1nn(C)cc1C(=O)N(CC)C(C)CC(=O)O. The Morgan fingerprint density at radius 1 is 1.47 bits per heavy atom. The van der Waals surface area contributed by atoms with Crippen molar-refractivity contribution in [2.75, 3.05) is 6.54 Å². The van der Waals surface area contributed by atoms with E-state index in [0.717, 1.165) is 5.69 Å². The highest BCUT2D eigenvalue weighted by molar-refractivity contribution is 5.95. The Balaban J connectivity index is 2.97. The zero-order valence-electron chi connectivity index (χ0n) is 11.9. The Kier molecular flexibility index (Phi) is 5.09. The van der Waals surface area contributed by atoms with Crippen molar-refractivity contribution < 1.29 is 14.7 Å². The molecule has 0 fully saturated rings. The number of hydrogen-bond acceptors (Lipinski definition) is 3. The molecule has 0 aliphatic carbocycles. The first kappa shape index (κ1) is 15.2. The van der Waals surface area contributed by atoms with E-state index in [-0.39, 0.29) is 18.4 Å². The average molecular weight is 267 g/mol.